The minimum atomic E-state index is -0.637. The maximum Gasteiger partial charge on any atom is 0.255 e. The molecular formula is C36H38FN3O3. The molecule has 2 amide bonds. The van der Waals surface area contributed by atoms with E-state index in [9.17, 15) is 14.0 Å². The molecule has 0 fully saturated rings. The van der Waals surface area contributed by atoms with Crippen molar-refractivity contribution >= 4 is 17.5 Å². The largest absolute Gasteiger partial charge is 0.497 e. The van der Waals surface area contributed by atoms with Crippen molar-refractivity contribution in [3.8, 4) is 5.75 Å². The van der Waals surface area contributed by atoms with Gasteiger partial charge in [-0.3, -0.25) is 9.59 Å². The summed E-state index contributed by atoms with van der Waals surface area (Å²) >= 11 is 0. The second-order valence-corrected chi connectivity index (χ2v) is 10.9. The average Bonchev–Trinajstić information content (AvgIpc) is 3.03. The first-order valence-electron chi connectivity index (χ1n) is 14.8. The maximum atomic E-state index is 14.1. The van der Waals surface area contributed by atoms with Crippen molar-refractivity contribution in [3.63, 3.8) is 0 Å². The molecule has 0 saturated heterocycles. The van der Waals surface area contributed by atoms with E-state index in [-0.39, 0.29) is 24.2 Å². The highest BCUT2D eigenvalue weighted by atomic mass is 19.1. The molecule has 0 bridgehead atoms. The Bertz CT molecular complexity index is 1560. The van der Waals surface area contributed by atoms with Gasteiger partial charge in [0.05, 0.1) is 19.1 Å². The molecule has 0 aromatic heterocycles. The zero-order valence-corrected chi connectivity index (χ0v) is 24.9. The van der Waals surface area contributed by atoms with E-state index >= 15 is 0 Å². The van der Waals surface area contributed by atoms with Crippen LogP contribution in [-0.4, -0.2) is 43.5 Å². The summed E-state index contributed by atoms with van der Waals surface area (Å²) in [7, 11) is 1.60. The number of ether oxygens (including phenoxy) is 1. The first-order valence-corrected chi connectivity index (χ1v) is 14.8. The highest BCUT2D eigenvalue weighted by Crippen LogP contribution is 2.44. The highest BCUT2D eigenvalue weighted by Gasteiger charge is 2.44. The normalized spacial score (nSPS) is 16.0. The number of hydrogen-bond acceptors (Lipinski definition) is 4. The topological polar surface area (TPSA) is 61.9 Å². The third-order valence-electron chi connectivity index (χ3n) is 8.10. The number of carbonyl (C=O) groups is 2. The van der Waals surface area contributed by atoms with Gasteiger partial charge in [0.2, 0.25) is 5.91 Å². The van der Waals surface area contributed by atoms with Crippen LogP contribution in [0.5, 0.6) is 5.75 Å². The van der Waals surface area contributed by atoms with Crippen molar-refractivity contribution in [1.82, 2.24) is 10.2 Å². The van der Waals surface area contributed by atoms with E-state index in [0.29, 0.717) is 23.4 Å². The average molecular weight is 580 g/mol. The first kappa shape index (κ1) is 29.8. The molecule has 1 aliphatic heterocycles. The number of rotatable bonds is 11. The minimum absolute atomic E-state index is 0.136. The predicted octanol–water partition coefficient (Wildman–Crippen LogP) is 6.66. The summed E-state index contributed by atoms with van der Waals surface area (Å²) in [6.45, 7) is 6.62. The van der Waals surface area contributed by atoms with Crippen molar-refractivity contribution in [2.75, 3.05) is 31.6 Å². The lowest BCUT2D eigenvalue weighted by Gasteiger charge is -2.42. The van der Waals surface area contributed by atoms with E-state index in [2.05, 4.69) is 48.3 Å². The van der Waals surface area contributed by atoms with E-state index in [1.807, 2.05) is 42.5 Å². The molecule has 5 rings (SSSR count). The number of carbonyl (C=O) groups excluding carboxylic acids is 2. The van der Waals surface area contributed by atoms with Crippen LogP contribution in [0.3, 0.4) is 0 Å². The summed E-state index contributed by atoms with van der Waals surface area (Å²) in [5.41, 5.74) is 5.20. The van der Waals surface area contributed by atoms with Gasteiger partial charge in [0.25, 0.3) is 5.91 Å². The lowest BCUT2D eigenvalue weighted by atomic mass is 9.79. The van der Waals surface area contributed by atoms with Gasteiger partial charge in [-0.15, -0.1) is 0 Å². The van der Waals surface area contributed by atoms with Crippen LogP contribution in [0.15, 0.2) is 97.1 Å². The lowest BCUT2D eigenvalue weighted by Crippen LogP contribution is -2.47. The van der Waals surface area contributed by atoms with Gasteiger partial charge in [-0.1, -0.05) is 54.6 Å². The number of aryl methyl sites for hydroxylation is 1. The standard InChI is InChI=1S/C36H38FN3O3/c1-4-39(29-10-7-9-25(2)23-29)22-8-21-38-35(41)33-31-11-5-6-12-32(31)36(42)40(24-26-13-17-28(37)18-14-26)34(33)27-15-19-30(43-3)20-16-27/h5-7,9-20,23,33-34H,4,8,21-22,24H2,1-3H3,(H,38,41)/t33-,34+/m1/s1. The minimum Gasteiger partial charge on any atom is -0.497 e. The van der Waals surface area contributed by atoms with Gasteiger partial charge in [-0.05, 0) is 85.0 Å². The molecule has 222 valence electrons. The van der Waals surface area contributed by atoms with Crippen LogP contribution in [0.1, 0.15) is 57.9 Å². The Balaban J connectivity index is 1.43. The van der Waals surface area contributed by atoms with E-state index in [4.69, 9.17) is 4.74 Å². The Morgan fingerprint density at radius 1 is 0.977 bits per heavy atom. The summed E-state index contributed by atoms with van der Waals surface area (Å²) in [4.78, 5) is 32.1. The summed E-state index contributed by atoms with van der Waals surface area (Å²) in [5.74, 6) is -0.592. The molecule has 0 aliphatic carbocycles. The number of fused-ring (bicyclic) bond motifs is 1. The van der Waals surface area contributed by atoms with Crippen LogP contribution in [0, 0.1) is 12.7 Å². The smallest absolute Gasteiger partial charge is 0.255 e. The maximum absolute atomic E-state index is 14.1. The molecule has 1 aliphatic rings. The van der Waals surface area contributed by atoms with Crippen molar-refractivity contribution in [1.29, 1.82) is 0 Å². The summed E-state index contributed by atoms with van der Waals surface area (Å²) in [6, 6.07) is 28.8. The van der Waals surface area contributed by atoms with Crippen LogP contribution in [0.4, 0.5) is 10.1 Å². The van der Waals surface area contributed by atoms with Gasteiger partial charge < -0.3 is 19.9 Å². The zero-order chi connectivity index (χ0) is 30.3. The van der Waals surface area contributed by atoms with E-state index in [1.165, 1.54) is 23.4 Å². The molecule has 0 unspecified atom stereocenters. The molecule has 0 saturated carbocycles. The molecule has 43 heavy (non-hydrogen) atoms. The van der Waals surface area contributed by atoms with Crippen LogP contribution in [-0.2, 0) is 11.3 Å². The Kier molecular flexibility index (Phi) is 9.40. The lowest BCUT2D eigenvalue weighted by molar-refractivity contribution is -0.124. The van der Waals surface area contributed by atoms with E-state index in [1.54, 1.807) is 30.2 Å². The van der Waals surface area contributed by atoms with Crippen LogP contribution >= 0.6 is 0 Å². The molecule has 7 heteroatoms. The Morgan fingerprint density at radius 3 is 2.42 bits per heavy atom. The number of benzene rings is 4. The van der Waals surface area contributed by atoms with Crippen LogP contribution in [0.2, 0.25) is 0 Å². The fraction of sp³-hybridized carbons (Fsp3) is 0.278. The van der Waals surface area contributed by atoms with Crippen molar-refractivity contribution in [2.24, 2.45) is 0 Å². The number of methoxy groups -OCH3 is 1. The van der Waals surface area contributed by atoms with Gasteiger partial charge in [0, 0.05) is 37.4 Å². The first-order chi connectivity index (χ1) is 20.9. The molecular weight excluding hydrogens is 541 g/mol. The van der Waals surface area contributed by atoms with Crippen molar-refractivity contribution in [2.45, 2.75) is 38.8 Å². The molecule has 1 N–H and O–H groups in total. The van der Waals surface area contributed by atoms with Gasteiger partial charge in [-0.25, -0.2) is 4.39 Å². The molecule has 4 aromatic rings. The van der Waals surface area contributed by atoms with Crippen molar-refractivity contribution < 1.29 is 18.7 Å². The summed E-state index contributed by atoms with van der Waals surface area (Å²) in [5, 5.41) is 3.19. The van der Waals surface area contributed by atoms with Gasteiger partial charge in [-0.2, -0.15) is 0 Å². The second kappa shape index (κ2) is 13.6. The van der Waals surface area contributed by atoms with Crippen molar-refractivity contribution in [3.05, 3.63) is 131 Å². The Morgan fingerprint density at radius 2 is 1.72 bits per heavy atom. The fourth-order valence-electron chi connectivity index (χ4n) is 5.89. The number of anilines is 1. The quantitative estimate of drug-likeness (QED) is 0.202. The third-order valence-corrected chi connectivity index (χ3v) is 8.10. The number of nitrogens with zero attached hydrogens (tertiary/aromatic N) is 2. The SMILES string of the molecule is CCN(CCCNC(=O)[C@@H]1c2ccccc2C(=O)N(Cc2ccc(F)cc2)[C@H]1c1ccc(OC)cc1)c1cccc(C)c1. The van der Waals surface area contributed by atoms with Crippen LogP contribution in [0.25, 0.3) is 0 Å². The third kappa shape index (κ3) is 6.72. The zero-order valence-electron chi connectivity index (χ0n) is 24.9. The molecule has 4 aromatic carbocycles. The predicted molar refractivity (Wildman–Crippen MR) is 168 cm³/mol. The molecule has 2 atom stereocenters. The number of amides is 2. The van der Waals surface area contributed by atoms with Gasteiger partial charge in [0.1, 0.15) is 11.6 Å². The number of hydrogen-bond donors (Lipinski definition) is 1. The Labute approximate surface area is 253 Å². The molecule has 6 nitrogen and oxygen atoms in total. The summed E-state index contributed by atoms with van der Waals surface area (Å²) in [6.07, 6.45) is 0.771. The molecule has 0 spiro atoms. The molecule has 1 heterocycles. The van der Waals surface area contributed by atoms with Crippen LogP contribution < -0.4 is 15.0 Å². The van der Waals surface area contributed by atoms with Gasteiger partial charge >= 0.3 is 0 Å². The highest BCUT2D eigenvalue weighted by molar-refractivity contribution is 6.01. The summed E-state index contributed by atoms with van der Waals surface area (Å²) < 4.78 is 19.1. The second-order valence-electron chi connectivity index (χ2n) is 10.9. The molecule has 0 radical (unpaired) electrons. The number of halogens is 1. The number of nitrogens with one attached hydrogen (secondary N) is 1. The Hall–Kier alpha value is -4.65. The van der Waals surface area contributed by atoms with E-state index in [0.717, 1.165) is 30.6 Å². The van der Waals surface area contributed by atoms with Gasteiger partial charge in [0.15, 0.2) is 0 Å². The fourth-order valence-corrected chi connectivity index (χ4v) is 5.89. The van der Waals surface area contributed by atoms with E-state index < -0.39 is 12.0 Å². The monoisotopic (exact) mass is 579 g/mol.